The molecule has 4 aromatic rings. The van der Waals surface area contributed by atoms with Crippen LogP contribution in [-0.2, 0) is 16.1 Å². The van der Waals surface area contributed by atoms with Crippen molar-refractivity contribution in [3.8, 4) is 0 Å². The van der Waals surface area contributed by atoms with Crippen LogP contribution in [0.3, 0.4) is 0 Å². The molecule has 0 saturated carbocycles. The van der Waals surface area contributed by atoms with Gasteiger partial charge in [-0.1, -0.05) is 59.6 Å². The molecule has 0 aliphatic carbocycles. The van der Waals surface area contributed by atoms with Crippen LogP contribution in [-0.4, -0.2) is 26.4 Å². The number of nitro groups is 1. The highest BCUT2D eigenvalue weighted by Gasteiger charge is 2.36. The number of para-hydroxylation sites is 1. The minimum Gasteiger partial charge on any atom is -0.340 e. The molecule has 38 heavy (non-hydrogen) atoms. The van der Waals surface area contributed by atoms with Crippen LogP contribution in [0, 0.1) is 17.0 Å². The lowest BCUT2D eigenvalue weighted by Crippen LogP contribution is -2.54. The standard InChI is InChI=1S/C27H18Cl2N4O4S/c1-15-19(13-20-25(34)30-27(38)32(26(20)35)23-8-4-6-21(28)24(23)29)18-5-2-3-7-22(18)31(15)14-16-9-11-17(12-10-16)33(36)37/h2-13H,14H2,1H3,(H,30,34,38)/b20-13+. The van der Waals surface area contributed by atoms with E-state index in [-0.39, 0.29) is 32.1 Å². The molecule has 0 radical (unpaired) electrons. The molecule has 0 atom stereocenters. The van der Waals surface area contributed by atoms with Crippen LogP contribution >= 0.6 is 35.4 Å². The summed E-state index contributed by atoms with van der Waals surface area (Å²) < 4.78 is 2.03. The number of rotatable bonds is 5. The summed E-state index contributed by atoms with van der Waals surface area (Å²) in [5.41, 5.74) is 3.39. The third-order valence-corrected chi connectivity index (χ3v) is 7.42. The Morgan fingerprint density at radius 2 is 1.74 bits per heavy atom. The van der Waals surface area contributed by atoms with E-state index in [9.17, 15) is 19.7 Å². The number of amides is 2. The van der Waals surface area contributed by atoms with Crippen LogP contribution < -0.4 is 10.2 Å². The summed E-state index contributed by atoms with van der Waals surface area (Å²) in [5, 5.41) is 14.7. The van der Waals surface area contributed by atoms with Gasteiger partial charge < -0.3 is 4.57 Å². The number of carbonyl (C=O) groups excluding carboxylic acids is 2. The first-order valence-corrected chi connectivity index (χ1v) is 12.5. The van der Waals surface area contributed by atoms with Gasteiger partial charge in [0.05, 0.1) is 20.7 Å². The average Bonchev–Trinajstić information content (AvgIpc) is 3.15. The second-order valence-electron chi connectivity index (χ2n) is 8.56. The number of nitro benzene ring substituents is 1. The Kier molecular flexibility index (Phi) is 6.75. The van der Waals surface area contributed by atoms with Crippen molar-refractivity contribution in [2.45, 2.75) is 13.5 Å². The third-order valence-electron chi connectivity index (χ3n) is 6.33. The molecule has 1 N–H and O–H groups in total. The van der Waals surface area contributed by atoms with Crippen LogP contribution in [0.25, 0.3) is 17.0 Å². The Bertz CT molecular complexity index is 1700. The quantitative estimate of drug-likeness (QED) is 0.105. The molecule has 2 amide bonds. The largest absolute Gasteiger partial charge is 0.340 e. The van der Waals surface area contributed by atoms with Gasteiger partial charge in [0.2, 0.25) is 0 Å². The number of fused-ring (bicyclic) bond motifs is 1. The normalized spacial score (nSPS) is 14.9. The number of non-ortho nitro benzene ring substituents is 1. The first-order chi connectivity index (χ1) is 18.2. The second-order valence-corrected chi connectivity index (χ2v) is 9.73. The monoisotopic (exact) mass is 564 g/mol. The summed E-state index contributed by atoms with van der Waals surface area (Å²) in [6, 6.07) is 18.8. The van der Waals surface area contributed by atoms with Gasteiger partial charge in [-0.3, -0.25) is 29.9 Å². The van der Waals surface area contributed by atoms with Crippen LogP contribution in [0.1, 0.15) is 16.8 Å². The number of anilines is 1. The molecule has 5 rings (SSSR count). The Labute approximate surface area is 232 Å². The van der Waals surface area contributed by atoms with Gasteiger partial charge in [-0.05, 0) is 49.0 Å². The molecule has 1 fully saturated rings. The highest BCUT2D eigenvalue weighted by atomic mass is 35.5. The van der Waals surface area contributed by atoms with E-state index in [1.54, 1.807) is 36.4 Å². The number of benzene rings is 3. The van der Waals surface area contributed by atoms with Gasteiger partial charge >= 0.3 is 0 Å². The lowest BCUT2D eigenvalue weighted by Gasteiger charge is -2.29. The lowest BCUT2D eigenvalue weighted by atomic mass is 10.0. The van der Waals surface area contributed by atoms with E-state index in [1.165, 1.54) is 12.1 Å². The van der Waals surface area contributed by atoms with Gasteiger partial charge in [0.15, 0.2) is 5.11 Å². The Balaban J connectivity index is 1.60. The van der Waals surface area contributed by atoms with Crippen LogP contribution in [0.5, 0.6) is 0 Å². The predicted molar refractivity (Wildman–Crippen MR) is 152 cm³/mol. The molecule has 1 aliphatic heterocycles. The molecule has 8 nitrogen and oxygen atoms in total. The van der Waals surface area contributed by atoms with Crippen molar-refractivity contribution in [3.63, 3.8) is 0 Å². The number of hydrogen-bond acceptors (Lipinski definition) is 5. The molecule has 0 unspecified atom stereocenters. The smallest absolute Gasteiger partial charge is 0.270 e. The van der Waals surface area contributed by atoms with Gasteiger partial charge in [0, 0.05) is 40.8 Å². The fraction of sp³-hybridized carbons (Fsp3) is 0.0741. The van der Waals surface area contributed by atoms with Crippen LogP contribution in [0.2, 0.25) is 10.0 Å². The Morgan fingerprint density at radius 1 is 1.03 bits per heavy atom. The maximum absolute atomic E-state index is 13.6. The van der Waals surface area contributed by atoms with Crippen molar-refractivity contribution >= 4 is 80.7 Å². The van der Waals surface area contributed by atoms with Gasteiger partial charge in [0.25, 0.3) is 17.5 Å². The first kappa shape index (κ1) is 25.6. The van der Waals surface area contributed by atoms with E-state index in [2.05, 4.69) is 5.32 Å². The zero-order valence-corrected chi connectivity index (χ0v) is 22.1. The summed E-state index contributed by atoms with van der Waals surface area (Å²) in [7, 11) is 0. The Morgan fingerprint density at radius 3 is 2.45 bits per heavy atom. The zero-order valence-electron chi connectivity index (χ0n) is 19.8. The fourth-order valence-corrected chi connectivity index (χ4v) is 5.09. The van der Waals surface area contributed by atoms with Gasteiger partial charge in [-0.2, -0.15) is 0 Å². The van der Waals surface area contributed by atoms with Crippen molar-refractivity contribution in [1.82, 2.24) is 9.88 Å². The molecule has 1 aromatic heterocycles. The third kappa shape index (κ3) is 4.45. The highest BCUT2D eigenvalue weighted by molar-refractivity contribution is 7.80. The highest BCUT2D eigenvalue weighted by Crippen LogP contribution is 2.35. The molecule has 0 spiro atoms. The van der Waals surface area contributed by atoms with E-state index in [4.69, 9.17) is 35.4 Å². The maximum Gasteiger partial charge on any atom is 0.270 e. The summed E-state index contributed by atoms with van der Waals surface area (Å²) in [6.07, 6.45) is 1.55. The first-order valence-electron chi connectivity index (χ1n) is 11.3. The fourth-order valence-electron chi connectivity index (χ4n) is 4.44. The number of hydrogen-bond donors (Lipinski definition) is 1. The number of nitrogens with zero attached hydrogens (tertiary/aromatic N) is 3. The van der Waals surface area contributed by atoms with Crippen molar-refractivity contribution < 1.29 is 14.5 Å². The number of aromatic nitrogens is 1. The van der Waals surface area contributed by atoms with E-state index in [0.717, 1.165) is 27.1 Å². The van der Waals surface area contributed by atoms with Gasteiger partial charge in [-0.15, -0.1) is 0 Å². The molecule has 1 aliphatic rings. The van der Waals surface area contributed by atoms with Crippen molar-refractivity contribution in [2.75, 3.05) is 4.90 Å². The second kappa shape index (κ2) is 10.0. The van der Waals surface area contributed by atoms with Crippen LogP contribution in [0.4, 0.5) is 11.4 Å². The van der Waals surface area contributed by atoms with Crippen molar-refractivity contribution in [3.05, 3.63) is 109 Å². The minimum atomic E-state index is -0.630. The lowest BCUT2D eigenvalue weighted by molar-refractivity contribution is -0.384. The SMILES string of the molecule is Cc1c(/C=C2\C(=O)NC(=S)N(c3cccc(Cl)c3Cl)C2=O)c2ccccc2n1Cc1ccc([N+](=O)[O-])cc1. The topological polar surface area (TPSA) is 97.5 Å². The summed E-state index contributed by atoms with van der Waals surface area (Å²) >= 11 is 17.8. The van der Waals surface area contributed by atoms with Crippen LogP contribution in [0.15, 0.2) is 72.3 Å². The molecule has 3 aromatic carbocycles. The molecule has 0 bridgehead atoms. The summed E-state index contributed by atoms with van der Waals surface area (Å²) in [5.74, 6) is -1.25. The molecule has 2 heterocycles. The van der Waals surface area contributed by atoms with E-state index < -0.39 is 16.7 Å². The van der Waals surface area contributed by atoms with E-state index in [0.29, 0.717) is 12.1 Å². The molecular formula is C27H18Cl2N4O4S. The zero-order chi connectivity index (χ0) is 27.1. The number of halogens is 2. The summed E-state index contributed by atoms with van der Waals surface area (Å²) in [6.45, 7) is 2.32. The predicted octanol–water partition coefficient (Wildman–Crippen LogP) is 6.04. The Hall–Kier alpha value is -4.05. The van der Waals surface area contributed by atoms with E-state index >= 15 is 0 Å². The van der Waals surface area contributed by atoms with Crippen molar-refractivity contribution in [1.29, 1.82) is 0 Å². The van der Waals surface area contributed by atoms with E-state index in [1.807, 2.05) is 35.8 Å². The van der Waals surface area contributed by atoms with Gasteiger partial charge in [-0.25, -0.2) is 0 Å². The molecular weight excluding hydrogens is 547 g/mol. The summed E-state index contributed by atoms with van der Waals surface area (Å²) in [4.78, 5) is 38.3. The van der Waals surface area contributed by atoms with Crippen molar-refractivity contribution in [2.24, 2.45) is 0 Å². The molecule has 11 heteroatoms. The maximum atomic E-state index is 13.6. The number of carbonyl (C=O) groups is 2. The molecule has 190 valence electrons. The molecule has 1 saturated heterocycles. The minimum absolute atomic E-state index is 0.0114. The van der Waals surface area contributed by atoms with Gasteiger partial charge in [0.1, 0.15) is 5.57 Å². The average molecular weight is 565 g/mol. The number of thiocarbonyl (C=S) groups is 1. The number of nitrogens with one attached hydrogen (secondary N) is 1.